The Kier molecular flexibility index (Phi) is 4.32. The number of fused-ring (bicyclic) bond motifs is 6. The van der Waals surface area contributed by atoms with Crippen molar-refractivity contribution in [2.75, 3.05) is 26.4 Å². The van der Waals surface area contributed by atoms with Crippen LogP contribution in [-0.4, -0.2) is 38.6 Å². The monoisotopic (exact) mass is 438 g/mol. The Bertz CT molecular complexity index is 1480. The van der Waals surface area contributed by atoms with E-state index in [1.807, 2.05) is 30.3 Å². The molecule has 7 rings (SSSR count). The van der Waals surface area contributed by atoms with Crippen LogP contribution in [0.15, 0.2) is 77.2 Å². The fourth-order valence-electron chi connectivity index (χ4n) is 4.34. The molecule has 0 aliphatic carbocycles. The molecule has 164 valence electrons. The van der Waals surface area contributed by atoms with Gasteiger partial charge in [0.05, 0.1) is 13.2 Å². The standard InChI is InChI=1S/C28H22O5/c1-2-4-24-22(3-1)25-11-19(30-14-21-16-32-21)9-10-23(25)26-12-27(33-28(24)26)17-5-7-18(8-6-17)29-13-20-15-31-20/h1-12,20-21H,13-16H2. The Morgan fingerprint density at radius 3 is 2.00 bits per heavy atom. The maximum absolute atomic E-state index is 6.43. The largest absolute Gasteiger partial charge is 0.491 e. The molecule has 33 heavy (non-hydrogen) atoms. The molecular weight excluding hydrogens is 416 g/mol. The lowest BCUT2D eigenvalue weighted by Crippen LogP contribution is -2.03. The lowest BCUT2D eigenvalue weighted by Gasteiger charge is -2.09. The molecule has 2 unspecified atom stereocenters. The van der Waals surface area contributed by atoms with Gasteiger partial charge in [-0.3, -0.25) is 0 Å². The second-order valence-electron chi connectivity index (χ2n) is 8.66. The van der Waals surface area contributed by atoms with Gasteiger partial charge in [0.25, 0.3) is 0 Å². The van der Waals surface area contributed by atoms with Gasteiger partial charge in [-0.05, 0) is 64.7 Å². The average molecular weight is 438 g/mol. The van der Waals surface area contributed by atoms with Crippen LogP contribution in [0.25, 0.3) is 43.8 Å². The summed E-state index contributed by atoms with van der Waals surface area (Å²) in [5.74, 6) is 2.54. The third kappa shape index (κ3) is 3.59. The summed E-state index contributed by atoms with van der Waals surface area (Å²) >= 11 is 0. The maximum Gasteiger partial charge on any atom is 0.143 e. The van der Waals surface area contributed by atoms with E-state index in [0.29, 0.717) is 13.2 Å². The predicted molar refractivity (Wildman–Crippen MR) is 127 cm³/mol. The van der Waals surface area contributed by atoms with Crippen molar-refractivity contribution in [3.63, 3.8) is 0 Å². The molecule has 2 fully saturated rings. The number of furan rings is 1. The van der Waals surface area contributed by atoms with Gasteiger partial charge in [-0.2, -0.15) is 0 Å². The zero-order valence-corrected chi connectivity index (χ0v) is 18.0. The number of hydrogen-bond acceptors (Lipinski definition) is 5. The highest BCUT2D eigenvalue weighted by atomic mass is 16.6. The first-order valence-corrected chi connectivity index (χ1v) is 11.3. The van der Waals surface area contributed by atoms with Gasteiger partial charge in [0.15, 0.2) is 0 Å². The summed E-state index contributed by atoms with van der Waals surface area (Å²) < 4.78 is 28.6. The molecule has 1 aromatic heterocycles. The van der Waals surface area contributed by atoms with Crippen LogP contribution in [0, 0.1) is 0 Å². The van der Waals surface area contributed by atoms with Crippen LogP contribution in [0.5, 0.6) is 11.5 Å². The summed E-state index contributed by atoms with van der Waals surface area (Å²) in [5, 5.41) is 5.66. The van der Waals surface area contributed by atoms with E-state index in [4.69, 9.17) is 23.4 Å². The Morgan fingerprint density at radius 1 is 0.636 bits per heavy atom. The van der Waals surface area contributed by atoms with Crippen molar-refractivity contribution in [2.24, 2.45) is 0 Å². The topological polar surface area (TPSA) is 56.7 Å². The molecule has 0 saturated carbocycles. The minimum Gasteiger partial charge on any atom is -0.491 e. The van der Waals surface area contributed by atoms with Gasteiger partial charge in [-0.15, -0.1) is 0 Å². The number of epoxide rings is 2. The third-order valence-corrected chi connectivity index (χ3v) is 6.29. The van der Waals surface area contributed by atoms with E-state index >= 15 is 0 Å². The first-order valence-electron chi connectivity index (χ1n) is 11.3. The maximum atomic E-state index is 6.43. The van der Waals surface area contributed by atoms with Crippen molar-refractivity contribution >= 4 is 32.5 Å². The molecule has 2 saturated heterocycles. The lowest BCUT2D eigenvalue weighted by atomic mass is 9.98. The zero-order chi connectivity index (χ0) is 21.8. The first-order chi connectivity index (χ1) is 16.3. The highest BCUT2D eigenvalue weighted by Crippen LogP contribution is 2.40. The molecule has 0 bridgehead atoms. The molecule has 5 aromatic rings. The van der Waals surface area contributed by atoms with Crippen LogP contribution in [0.1, 0.15) is 0 Å². The number of ether oxygens (including phenoxy) is 4. The van der Waals surface area contributed by atoms with Gasteiger partial charge in [0, 0.05) is 16.3 Å². The second kappa shape index (κ2) is 7.51. The molecule has 4 aromatic carbocycles. The van der Waals surface area contributed by atoms with E-state index in [9.17, 15) is 0 Å². The van der Waals surface area contributed by atoms with E-state index in [1.165, 1.54) is 0 Å². The van der Waals surface area contributed by atoms with Crippen LogP contribution >= 0.6 is 0 Å². The van der Waals surface area contributed by atoms with E-state index in [2.05, 4.69) is 42.5 Å². The zero-order valence-electron chi connectivity index (χ0n) is 18.0. The Hall–Kier alpha value is -3.54. The summed E-state index contributed by atoms with van der Waals surface area (Å²) in [6, 6.07) is 24.8. The second-order valence-corrected chi connectivity index (χ2v) is 8.66. The van der Waals surface area contributed by atoms with Gasteiger partial charge >= 0.3 is 0 Å². The van der Waals surface area contributed by atoms with Gasteiger partial charge in [-0.1, -0.05) is 24.3 Å². The van der Waals surface area contributed by atoms with Crippen LogP contribution in [0.4, 0.5) is 0 Å². The van der Waals surface area contributed by atoms with Crippen molar-refractivity contribution in [3.8, 4) is 22.8 Å². The summed E-state index contributed by atoms with van der Waals surface area (Å²) in [4.78, 5) is 0. The number of hydrogen-bond donors (Lipinski definition) is 0. The Morgan fingerprint density at radius 2 is 1.27 bits per heavy atom. The molecule has 5 nitrogen and oxygen atoms in total. The fourth-order valence-corrected chi connectivity index (χ4v) is 4.34. The molecule has 0 radical (unpaired) electrons. The first kappa shape index (κ1) is 19.0. The highest BCUT2D eigenvalue weighted by molar-refractivity contribution is 6.24. The van der Waals surface area contributed by atoms with Crippen LogP contribution in [-0.2, 0) is 9.47 Å². The van der Waals surface area contributed by atoms with Gasteiger partial charge in [-0.25, -0.2) is 0 Å². The van der Waals surface area contributed by atoms with Crippen LogP contribution < -0.4 is 9.47 Å². The molecule has 2 aliphatic heterocycles. The molecule has 5 heteroatoms. The number of rotatable bonds is 7. The summed E-state index contributed by atoms with van der Waals surface area (Å²) in [6.07, 6.45) is 0.477. The molecule has 3 heterocycles. The molecule has 2 atom stereocenters. The Labute approximate surface area is 190 Å². The van der Waals surface area contributed by atoms with E-state index < -0.39 is 0 Å². The minimum absolute atomic E-state index is 0.232. The quantitative estimate of drug-likeness (QED) is 0.232. The van der Waals surface area contributed by atoms with E-state index in [1.54, 1.807) is 0 Å². The van der Waals surface area contributed by atoms with Gasteiger partial charge < -0.3 is 23.4 Å². The molecule has 0 spiro atoms. The molecular formula is C28H22O5. The van der Waals surface area contributed by atoms with Crippen molar-refractivity contribution in [2.45, 2.75) is 12.2 Å². The molecule has 2 aliphatic rings. The molecule has 0 amide bonds. The Balaban J connectivity index is 1.31. The average Bonchev–Trinajstić information content (AvgIpc) is 3.80. The van der Waals surface area contributed by atoms with Gasteiger partial charge in [0.2, 0.25) is 0 Å². The lowest BCUT2D eigenvalue weighted by molar-refractivity contribution is 0.263. The summed E-state index contributed by atoms with van der Waals surface area (Å²) in [6.45, 7) is 2.77. The van der Waals surface area contributed by atoms with Crippen molar-refractivity contribution in [3.05, 3.63) is 72.8 Å². The smallest absolute Gasteiger partial charge is 0.143 e. The van der Waals surface area contributed by atoms with Gasteiger partial charge in [0.1, 0.15) is 48.3 Å². The van der Waals surface area contributed by atoms with Crippen LogP contribution in [0.3, 0.4) is 0 Å². The highest BCUT2D eigenvalue weighted by Gasteiger charge is 2.24. The summed E-state index contributed by atoms with van der Waals surface area (Å²) in [7, 11) is 0. The van der Waals surface area contributed by atoms with Crippen LogP contribution in [0.2, 0.25) is 0 Å². The molecule has 0 N–H and O–H groups in total. The van der Waals surface area contributed by atoms with Crippen molar-refractivity contribution in [1.82, 2.24) is 0 Å². The minimum atomic E-state index is 0.232. The van der Waals surface area contributed by atoms with Crippen molar-refractivity contribution in [1.29, 1.82) is 0 Å². The fraction of sp³-hybridized carbons (Fsp3) is 0.214. The predicted octanol–water partition coefficient (Wildman–Crippen LogP) is 5.96. The van der Waals surface area contributed by atoms with E-state index in [-0.39, 0.29) is 12.2 Å². The third-order valence-electron chi connectivity index (χ3n) is 6.29. The van der Waals surface area contributed by atoms with E-state index in [0.717, 1.165) is 68.6 Å². The number of benzene rings is 4. The SMILES string of the molecule is c1ccc2c(c1)c1cc(OCC3CO3)ccc1c1cc(-c3ccc(OCC4CO4)cc3)oc21. The summed E-state index contributed by atoms with van der Waals surface area (Å²) in [5.41, 5.74) is 1.92. The van der Waals surface area contributed by atoms with Crippen molar-refractivity contribution < 1.29 is 23.4 Å². The normalized spacial score (nSPS) is 19.3.